The summed E-state index contributed by atoms with van der Waals surface area (Å²) >= 11 is 0. The summed E-state index contributed by atoms with van der Waals surface area (Å²) in [5.41, 5.74) is 2.48. The smallest absolute Gasteiger partial charge is 0.406 e. The van der Waals surface area contributed by atoms with Crippen molar-refractivity contribution in [3.63, 3.8) is 0 Å². The number of non-ortho nitro benzene ring substituents is 1. The highest BCUT2D eigenvalue weighted by Crippen LogP contribution is 2.27. The molecule has 2 heterocycles. The lowest BCUT2D eigenvalue weighted by Crippen LogP contribution is -2.16. The number of alkyl halides is 3. The van der Waals surface area contributed by atoms with E-state index in [0.717, 1.165) is 23.4 Å². The van der Waals surface area contributed by atoms with Gasteiger partial charge in [0, 0.05) is 23.4 Å². The normalized spacial score (nSPS) is 11.5. The van der Waals surface area contributed by atoms with Gasteiger partial charge >= 0.3 is 6.36 Å². The first-order chi connectivity index (χ1) is 15.2. The van der Waals surface area contributed by atoms with Crippen LogP contribution in [0.1, 0.15) is 11.3 Å². The Bertz CT molecular complexity index is 1250. The summed E-state index contributed by atoms with van der Waals surface area (Å²) in [6.07, 6.45) is -4.77. The number of rotatable bonds is 6. The van der Waals surface area contributed by atoms with Crippen LogP contribution in [0, 0.1) is 17.0 Å². The van der Waals surface area contributed by atoms with E-state index in [0.29, 0.717) is 17.8 Å². The number of benzene rings is 2. The molecule has 0 aliphatic carbocycles. The molecular weight excluding hydrogens is 431 g/mol. The van der Waals surface area contributed by atoms with Gasteiger partial charge < -0.3 is 9.26 Å². The van der Waals surface area contributed by atoms with Crippen LogP contribution in [0.2, 0.25) is 0 Å². The molecule has 0 saturated carbocycles. The van der Waals surface area contributed by atoms with Crippen LogP contribution >= 0.6 is 0 Å². The molecule has 2 aromatic heterocycles. The van der Waals surface area contributed by atoms with E-state index in [1.807, 2.05) is 6.92 Å². The van der Waals surface area contributed by atoms with Crippen LogP contribution in [-0.2, 0) is 6.54 Å². The molecule has 0 N–H and O–H groups in total. The quantitative estimate of drug-likeness (QED) is 0.311. The van der Waals surface area contributed by atoms with Gasteiger partial charge in [-0.3, -0.25) is 14.8 Å². The van der Waals surface area contributed by atoms with Gasteiger partial charge in [0.1, 0.15) is 5.75 Å². The first kappa shape index (κ1) is 21.0. The topological polar surface area (TPSA) is 109 Å². The molecule has 0 atom stereocenters. The maximum atomic E-state index is 12.3. The second-order valence-electron chi connectivity index (χ2n) is 6.75. The minimum Gasteiger partial charge on any atom is -0.406 e. The number of hydrogen-bond acceptors (Lipinski definition) is 7. The van der Waals surface area contributed by atoms with Gasteiger partial charge in [-0.15, -0.1) is 13.2 Å². The Morgan fingerprint density at radius 2 is 1.81 bits per heavy atom. The third-order valence-electron chi connectivity index (χ3n) is 4.45. The van der Waals surface area contributed by atoms with Crippen molar-refractivity contribution in [3.8, 4) is 28.7 Å². The van der Waals surface area contributed by atoms with Gasteiger partial charge in [0.15, 0.2) is 5.69 Å². The Balaban J connectivity index is 1.50. The lowest BCUT2D eigenvalue weighted by Gasteiger charge is -2.08. The average molecular weight is 445 g/mol. The number of nitro benzene ring substituents is 1. The van der Waals surface area contributed by atoms with Crippen molar-refractivity contribution in [2.45, 2.75) is 19.8 Å². The van der Waals surface area contributed by atoms with Crippen LogP contribution < -0.4 is 4.74 Å². The summed E-state index contributed by atoms with van der Waals surface area (Å²) in [6, 6.07) is 13.0. The molecule has 0 aliphatic rings. The molecule has 0 amide bonds. The molecule has 2 aromatic carbocycles. The summed E-state index contributed by atoms with van der Waals surface area (Å²) in [5.74, 6) is -0.0344. The van der Waals surface area contributed by atoms with E-state index in [-0.39, 0.29) is 23.2 Å². The molecule has 0 radical (unpaired) electrons. The van der Waals surface area contributed by atoms with Crippen molar-refractivity contribution in [3.05, 3.63) is 76.0 Å². The van der Waals surface area contributed by atoms with Gasteiger partial charge in [0.2, 0.25) is 5.82 Å². The molecule has 32 heavy (non-hydrogen) atoms. The van der Waals surface area contributed by atoms with E-state index < -0.39 is 11.3 Å². The molecule has 12 heteroatoms. The number of halogens is 3. The molecule has 4 rings (SSSR count). The third kappa shape index (κ3) is 4.74. The number of nitrogens with zero attached hydrogens (tertiary/aromatic N) is 5. The van der Waals surface area contributed by atoms with E-state index in [2.05, 4.69) is 20.0 Å². The van der Waals surface area contributed by atoms with Gasteiger partial charge in [0.05, 0.1) is 11.5 Å². The molecule has 4 aromatic rings. The van der Waals surface area contributed by atoms with Gasteiger partial charge in [-0.05, 0) is 42.8 Å². The zero-order valence-electron chi connectivity index (χ0n) is 16.4. The second kappa shape index (κ2) is 8.13. The fourth-order valence-electron chi connectivity index (χ4n) is 2.92. The van der Waals surface area contributed by atoms with Crippen molar-refractivity contribution < 1.29 is 27.4 Å². The predicted molar refractivity (Wildman–Crippen MR) is 105 cm³/mol. The minimum absolute atomic E-state index is 0.00279. The average Bonchev–Trinajstić information content (AvgIpc) is 3.35. The Kier molecular flexibility index (Phi) is 5.34. The molecule has 0 spiro atoms. The molecule has 0 unspecified atom stereocenters. The fourth-order valence-corrected chi connectivity index (χ4v) is 2.92. The summed E-state index contributed by atoms with van der Waals surface area (Å²) in [7, 11) is 0. The summed E-state index contributed by atoms with van der Waals surface area (Å²) in [6.45, 7) is 2.21. The van der Waals surface area contributed by atoms with E-state index >= 15 is 0 Å². The molecule has 0 saturated heterocycles. The highest BCUT2D eigenvalue weighted by molar-refractivity contribution is 5.59. The monoisotopic (exact) mass is 445 g/mol. The maximum absolute atomic E-state index is 12.3. The number of nitro groups is 1. The molecular formula is C20H14F3N5O4. The van der Waals surface area contributed by atoms with Crippen LogP contribution in [0.15, 0.2) is 59.1 Å². The van der Waals surface area contributed by atoms with Crippen LogP contribution in [0.5, 0.6) is 5.75 Å². The van der Waals surface area contributed by atoms with Crippen molar-refractivity contribution in [2.24, 2.45) is 0 Å². The summed E-state index contributed by atoms with van der Waals surface area (Å²) < 4.78 is 47.6. The van der Waals surface area contributed by atoms with Crippen molar-refractivity contribution in [1.82, 2.24) is 19.9 Å². The first-order valence-electron chi connectivity index (χ1n) is 9.16. The highest BCUT2D eigenvalue weighted by Gasteiger charge is 2.31. The number of aryl methyl sites for hydroxylation is 1. The largest absolute Gasteiger partial charge is 0.573 e. The Labute approximate surface area is 178 Å². The molecule has 9 nitrogen and oxygen atoms in total. The zero-order valence-corrected chi connectivity index (χ0v) is 16.4. The van der Waals surface area contributed by atoms with Crippen molar-refractivity contribution in [2.75, 3.05) is 0 Å². The Hall–Kier alpha value is -4.22. The zero-order chi connectivity index (χ0) is 22.9. The van der Waals surface area contributed by atoms with Crippen LogP contribution in [0.25, 0.3) is 23.0 Å². The highest BCUT2D eigenvalue weighted by atomic mass is 19.4. The SMILES string of the molecule is Cc1cc(-c2nc(-c3ccc(OC(F)(F)F)cc3)no2)nn1Cc1ccc([N+](=O)[O-])cc1. The fraction of sp³-hybridized carbons (Fsp3) is 0.150. The Morgan fingerprint density at radius 3 is 2.44 bits per heavy atom. The van der Waals surface area contributed by atoms with Crippen molar-refractivity contribution in [1.29, 1.82) is 0 Å². The summed E-state index contributed by atoms with van der Waals surface area (Å²) in [5, 5.41) is 19.1. The first-order valence-corrected chi connectivity index (χ1v) is 9.16. The molecule has 0 bridgehead atoms. The van der Waals surface area contributed by atoms with Gasteiger partial charge in [-0.1, -0.05) is 17.3 Å². The van der Waals surface area contributed by atoms with Crippen molar-refractivity contribution >= 4 is 5.69 Å². The van der Waals surface area contributed by atoms with Gasteiger partial charge in [0.25, 0.3) is 11.6 Å². The standard InChI is InChI=1S/C20H14F3N5O4/c1-12-10-17(25-27(12)11-13-2-6-15(7-3-13)28(29)30)19-24-18(26-32-19)14-4-8-16(9-5-14)31-20(21,22)23/h2-10H,11H2,1H3. The molecule has 164 valence electrons. The number of aromatic nitrogens is 4. The summed E-state index contributed by atoms with van der Waals surface area (Å²) in [4.78, 5) is 14.6. The van der Waals surface area contributed by atoms with E-state index in [4.69, 9.17) is 4.52 Å². The molecule has 0 fully saturated rings. The second-order valence-corrected chi connectivity index (χ2v) is 6.75. The lowest BCUT2D eigenvalue weighted by atomic mass is 10.2. The Morgan fingerprint density at radius 1 is 1.12 bits per heavy atom. The predicted octanol–water partition coefficient (Wildman–Crippen LogP) is 4.76. The van der Waals surface area contributed by atoms with E-state index in [1.54, 1.807) is 22.9 Å². The van der Waals surface area contributed by atoms with Crippen LogP contribution in [0.4, 0.5) is 18.9 Å². The third-order valence-corrected chi connectivity index (χ3v) is 4.45. The lowest BCUT2D eigenvalue weighted by molar-refractivity contribution is -0.384. The van der Waals surface area contributed by atoms with E-state index in [1.165, 1.54) is 24.3 Å². The van der Waals surface area contributed by atoms with Gasteiger partial charge in [-0.25, -0.2) is 0 Å². The minimum atomic E-state index is -4.77. The van der Waals surface area contributed by atoms with E-state index in [9.17, 15) is 23.3 Å². The number of ether oxygens (including phenoxy) is 1. The number of hydrogen-bond donors (Lipinski definition) is 0. The maximum Gasteiger partial charge on any atom is 0.573 e. The van der Waals surface area contributed by atoms with Gasteiger partial charge in [-0.2, -0.15) is 10.1 Å². The van der Waals surface area contributed by atoms with Crippen LogP contribution in [0.3, 0.4) is 0 Å². The van der Waals surface area contributed by atoms with Crippen LogP contribution in [-0.4, -0.2) is 31.2 Å². The molecule has 0 aliphatic heterocycles.